The molecule has 3 N–H and O–H groups in total. The fourth-order valence-corrected chi connectivity index (χ4v) is 2.73. The van der Waals surface area contributed by atoms with Crippen LogP contribution in [-0.4, -0.2) is 38.7 Å². The Morgan fingerprint density at radius 1 is 1.15 bits per heavy atom. The van der Waals surface area contributed by atoms with Crippen molar-refractivity contribution in [2.24, 2.45) is 0 Å². The molecule has 3 amide bonds. The highest BCUT2D eigenvalue weighted by atomic mass is 16.5. The van der Waals surface area contributed by atoms with Crippen molar-refractivity contribution in [1.29, 1.82) is 0 Å². The Balaban J connectivity index is 1.90. The number of imide groups is 1. The van der Waals surface area contributed by atoms with E-state index >= 15 is 0 Å². The van der Waals surface area contributed by atoms with E-state index in [-0.39, 0.29) is 18.5 Å². The lowest BCUT2D eigenvalue weighted by Crippen LogP contribution is -3.09. The Morgan fingerprint density at radius 2 is 1.85 bits per heavy atom. The molecule has 0 spiro atoms. The van der Waals surface area contributed by atoms with Crippen molar-refractivity contribution in [2.75, 3.05) is 20.7 Å². The number of carbonyl (C=O) groups excluding carboxylic acids is 2. The van der Waals surface area contributed by atoms with Crippen LogP contribution in [0.5, 0.6) is 5.75 Å². The molecule has 2 aromatic rings. The maximum absolute atomic E-state index is 12.0. The quantitative estimate of drug-likeness (QED) is 0.702. The van der Waals surface area contributed by atoms with Crippen LogP contribution in [-0.2, 0) is 11.3 Å². The molecule has 0 fully saturated rings. The van der Waals surface area contributed by atoms with Gasteiger partial charge in [0.15, 0.2) is 6.54 Å². The SMILES string of the molecule is CC[C@H](C)NC(=O)NC(=O)C[NH+](C)Cc1ccc2cc(OC)ccc2c1. The van der Waals surface area contributed by atoms with E-state index in [0.717, 1.165) is 33.4 Å². The van der Waals surface area contributed by atoms with Crippen molar-refractivity contribution >= 4 is 22.7 Å². The summed E-state index contributed by atoms with van der Waals surface area (Å²) in [7, 11) is 3.59. The number of amides is 3. The summed E-state index contributed by atoms with van der Waals surface area (Å²) < 4.78 is 5.24. The second-order valence-corrected chi connectivity index (χ2v) is 6.69. The molecule has 0 radical (unpaired) electrons. The number of ether oxygens (including phenoxy) is 1. The number of hydrogen-bond donors (Lipinski definition) is 3. The Hall–Kier alpha value is -2.60. The zero-order chi connectivity index (χ0) is 19.1. The molecule has 140 valence electrons. The third-order valence-corrected chi connectivity index (χ3v) is 4.32. The molecule has 2 aromatic carbocycles. The highest BCUT2D eigenvalue weighted by Crippen LogP contribution is 2.21. The predicted molar refractivity (Wildman–Crippen MR) is 102 cm³/mol. The van der Waals surface area contributed by atoms with Crippen LogP contribution >= 0.6 is 0 Å². The molecule has 26 heavy (non-hydrogen) atoms. The summed E-state index contributed by atoms with van der Waals surface area (Å²) in [5.74, 6) is 0.550. The second kappa shape index (κ2) is 9.20. The number of carbonyl (C=O) groups is 2. The van der Waals surface area contributed by atoms with Crippen molar-refractivity contribution in [3.05, 3.63) is 42.0 Å². The smallest absolute Gasteiger partial charge is 0.321 e. The Labute approximate surface area is 154 Å². The summed E-state index contributed by atoms with van der Waals surface area (Å²) in [6.45, 7) is 4.80. The number of rotatable bonds is 7. The first-order valence-electron chi connectivity index (χ1n) is 8.89. The van der Waals surface area contributed by atoms with Gasteiger partial charge in [-0.1, -0.05) is 25.1 Å². The van der Waals surface area contributed by atoms with Crippen LogP contribution in [0.2, 0.25) is 0 Å². The lowest BCUT2D eigenvalue weighted by molar-refractivity contribution is -0.885. The van der Waals surface area contributed by atoms with Gasteiger partial charge in [-0.3, -0.25) is 10.1 Å². The largest absolute Gasteiger partial charge is 0.497 e. The van der Waals surface area contributed by atoms with Crippen molar-refractivity contribution < 1.29 is 19.2 Å². The number of urea groups is 1. The third-order valence-electron chi connectivity index (χ3n) is 4.32. The molecule has 6 heteroatoms. The number of benzene rings is 2. The van der Waals surface area contributed by atoms with Crippen molar-refractivity contribution in [1.82, 2.24) is 10.6 Å². The van der Waals surface area contributed by atoms with E-state index < -0.39 is 6.03 Å². The minimum absolute atomic E-state index is 0.0455. The Bertz CT molecular complexity index is 776. The summed E-state index contributed by atoms with van der Waals surface area (Å²) in [6.07, 6.45) is 0.820. The van der Waals surface area contributed by atoms with Crippen molar-refractivity contribution in [2.45, 2.75) is 32.9 Å². The summed E-state index contributed by atoms with van der Waals surface area (Å²) >= 11 is 0. The standard InChI is InChI=1S/C20H27N3O3/c1-5-14(2)21-20(25)22-19(24)13-23(3)12-15-6-7-17-11-18(26-4)9-8-16(17)10-15/h6-11,14H,5,12-13H2,1-4H3,(H2,21,22,24,25)/p+1/t14-/m0/s1. The molecular weight excluding hydrogens is 330 g/mol. The van der Waals surface area contributed by atoms with Gasteiger partial charge in [0.2, 0.25) is 0 Å². The topological polar surface area (TPSA) is 71.9 Å². The molecule has 0 heterocycles. The van der Waals surface area contributed by atoms with E-state index in [4.69, 9.17) is 4.74 Å². The molecule has 0 saturated heterocycles. The summed E-state index contributed by atoms with van der Waals surface area (Å²) in [5, 5.41) is 7.35. The first-order chi connectivity index (χ1) is 12.4. The van der Waals surface area contributed by atoms with Crippen LogP contribution in [0, 0.1) is 0 Å². The van der Waals surface area contributed by atoms with Gasteiger partial charge in [-0.15, -0.1) is 0 Å². The van der Waals surface area contributed by atoms with Gasteiger partial charge >= 0.3 is 6.03 Å². The van der Waals surface area contributed by atoms with Gasteiger partial charge in [0.1, 0.15) is 12.3 Å². The van der Waals surface area contributed by atoms with E-state index in [2.05, 4.69) is 28.8 Å². The van der Waals surface area contributed by atoms with E-state index in [9.17, 15) is 9.59 Å². The second-order valence-electron chi connectivity index (χ2n) is 6.69. The van der Waals surface area contributed by atoms with Gasteiger partial charge in [-0.2, -0.15) is 0 Å². The summed E-state index contributed by atoms with van der Waals surface area (Å²) in [6, 6.07) is 11.8. The van der Waals surface area contributed by atoms with Crippen molar-refractivity contribution in [3.8, 4) is 5.75 Å². The number of nitrogens with one attached hydrogen (secondary N) is 3. The van der Waals surface area contributed by atoms with Crippen LogP contribution in [0.15, 0.2) is 36.4 Å². The predicted octanol–water partition coefficient (Wildman–Crippen LogP) is 1.49. The van der Waals surface area contributed by atoms with E-state index in [0.29, 0.717) is 6.54 Å². The highest BCUT2D eigenvalue weighted by molar-refractivity contribution is 5.94. The molecule has 0 bridgehead atoms. The number of fused-ring (bicyclic) bond motifs is 1. The maximum atomic E-state index is 12.0. The van der Waals surface area contributed by atoms with Crippen LogP contribution in [0.3, 0.4) is 0 Å². The van der Waals surface area contributed by atoms with Crippen LogP contribution < -0.4 is 20.3 Å². The van der Waals surface area contributed by atoms with Crippen LogP contribution in [0.4, 0.5) is 4.79 Å². The Kier molecular flexibility index (Phi) is 6.97. The fraction of sp³-hybridized carbons (Fsp3) is 0.400. The van der Waals surface area contributed by atoms with E-state index in [1.54, 1.807) is 7.11 Å². The van der Waals surface area contributed by atoms with E-state index in [1.807, 2.05) is 39.1 Å². The minimum Gasteiger partial charge on any atom is -0.497 e. The average molecular weight is 358 g/mol. The number of methoxy groups -OCH3 is 1. The van der Waals surface area contributed by atoms with Crippen LogP contribution in [0.1, 0.15) is 25.8 Å². The molecular formula is C20H28N3O3+. The van der Waals surface area contributed by atoms with Crippen LogP contribution in [0.25, 0.3) is 10.8 Å². The molecule has 0 aliphatic rings. The monoisotopic (exact) mass is 358 g/mol. The summed E-state index contributed by atoms with van der Waals surface area (Å²) in [4.78, 5) is 24.7. The molecule has 0 aliphatic heterocycles. The first-order valence-corrected chi connectivity index (χ1v) is 8.89. The van der Waals surface area contributed by atoms with Gasteiger partial charge in [0, 0.05) is 11.6 Å². The number of quaternary nitrogens is 1. The Morgan fingerprint density at radius 3 is 2.54 bits per heavy atom. The first kappa shape index (κ1) is 19.7. The molecule has 6 nitrogen and oxygen atoms in total. The molecule has 2 atom stereocenters. The van der Waals surface area contributed by atoms with E-state index in [1.165, 1.54) is 0 Å². The van der Waals surface area contributed by atoms with Gasteiger partial charge in [-0.25, -0.2) is 4.79 Å². The van der Waals surface area contributed by atoms with Gasteiger partial charge in [0.25, 0.3) is 5.91 Å². The van der Waals surface area contributed by atoms with Gasteiger partial charge in [0.05, 0.1) is 14.2 Å². The minimum atomic E-state index is -0.434. The molecule has 0 aromatic heterocycles. The highest BCUT2D eigenvalue weighted by Gasteiger charge is 2.14. The zero-order valence-corrected chi connectivity index (χ0v) is 15.9. The zero-order valence-electron chi connectivity index (χ0n) is 15.9. The molecule has 0 saturated carbocycles. The normalized spacial score (nSPS) is 13.1. The average Bonchev–Trinajstić information content (AvgIpc) is 2.60. The number of hydrogen-bond acceptors (Lipinski definition) is 3. The molecule has 0 aliphatic carbocycles. The van der Waals surface area contributed by atoms with Crippen molar-refractivity contribution in [3.63, 3.8) is 0 Å². The lowest BCUT2D eigenvalue weighted by atomic mass is 10.1. The molecule has 1 unspecified atom stereocenters. The number of likely N-dealkylation sites (N-methyl/N-ethyl adjacent to an activating group) is 1. The maximum Gasteiger partial charge on any atom is 0.321 e. The fourth-order valence-electron chi connectivity index (χ4n) is 2.73. The third kappa shape index (κ3) is 5.74. The summed E-state index contributed by atoms with van der Waals surface area (Å²) in [5.41, 5.74) is 1.14. The van der Waals surface area contributed by atoms with Gasteiger partial charge in [-0.05, 0) is 42.3 Å². The molecule has 2 rings (SSSR count). The lowest BCUT2D eigenvalue weighted by Gasteiger charge is -2.15. The van der Waals surface area contributed by atoms with Gasteiger partial charge < -0.3 is 15.0 Å².